The number of hydrogen-bond donors (Lipinski definition) is 1. The molecular formula is C27H27N3O4. The fraction of sp³-hybridized carbons (Fsp3) is 0.259. The third-order valence-electron chi connectivity index (χ3n) is 6.04. The molecule has 1 atom stereocenters. The van der Waals surface area contributed by atoms with Crippen molar-refractivity contribution in [2.24, 2.45) is 0 Å². The zero-order valence-corrected chi connectivity index (χ0v) is 19.3. The standard InChI is InChI=1S/C27H27N3O4/c1-3-33-20-13-11-19(12-14-20)28-27(31)30-16-6-8-23(30)26-29-22-17-18(10-15-25(22)34-26)21-7-4-5-9-24(21)32-2/h4-5,7,9-15,17,23H,3,6,8,16H2,1-2H3,(H,28,31). The zero-order chi connectivity index (χ0) is 23.5. The van der Waals surface area contributed by atoms with Crippen molar-refractivity contribution in [3.05, 3.63) is 72.6 Å². The maximum absolute atomic E-state index is 13.0. The predicted octanol–water partition coefficient (Wildman–Crippen LogP) is 6.27. The Morgan fingerprint density at radius 3 is 2.76 bits per heavy atom. The molecule has 5 rings (SSSR count). The molecule has 1 aliphatic heterocycles. The van der Waals surface area contributed by atoms with E-state index in [0.29, 0.717) is 24.6 Å². The minimum atomic E-state index is -0.204. The van der Waals surface area contributed by atoms with Crippen LogP contribution in [0.25, 0.3) is 22.2 Å². The summed E-state index contributed by atoms with van der Waals surface area (Å²) in [5, 5.41) is 2.98. The fourth-order valence-corrected chi connectivity index (χ4v) is 4.40. The number of para-hydroxylation sites is 1. The van der Waals surface area contributed by atoms with Crippen molar-refractivity contribution in [1.82, 2.24) is 9.88 Å². The fourth-order valence-electron chi connectivity index (χ4n) is 4.40. The highest BCUT2D eigenvalue weighted by atomic mass is 16.5. The molecule has 7 heteroatoms. The van der Waals surface area contributed by atoms with Crippen molar-refractivity contribution in [2.45, 2.75) is 25.8 Å². The van der Waals surface area contributed by atoms with Crippen molar-refractivity contribution in [3.63, 3.8) is 0 Å². The quantitative estimate of drug-likeness (QED) is 0.369. The third kappa shape index (κ3) is 4.29. The summed E-state index contributed by atoms with van der Waals surface area (Å²) in [5.74, 6) is 2.14. The number of hydrogen-bond acceptors (Lipinski definition) is 5. The number of likely N-dealkylation sites (tertiary alicyclic amines) is 1. The van der Waals surface area contributed by atoms with Gasteiger partial charge in [-0.25, -0.2) is 9.78 Å². The van der Waals surface area contributed by atoms with Crippen molar-refractivity contribution in [1.29, 1.82) is 0 Å². The molecule has 0 spiro atoms. The van der Waals surface area contributed by atoms with Crippen LogP contribution in [0.15, 0.2) is 71.1 Å². The molecule has 3 aromatic carbocycles. The molecule has 0 radical (unpaired) electrons. The molecule has 0 aliphatic carbocycles. The van der Waals surface area contributed by atoms with Crippen molar-refractivity contribution < 1.29 is 18.7 Å². The van der Waals surface area contributed by atoms with Crippen LogP contribution in [-0.4, -0.2) is 36.2 Å². The van der Waals surface area contributed by atoms with Crippen LogP contribution < -0.4 is 14.8 Å². The third-order valence-corrected chi connectivity index (χ3v) is 6.04. The maximum Gasteiger partial charge on any atom is 0.322 e. The highest BCUT2D eigenvalue weighted by Gasteiger charge is 2.33. The molecule has 34 heavy (non-hydrogen) atoms. The van der Waals surface area contributed by atoms with Crippen LogP contribution in [0, 0.1) is 0 Å². The Kier molecular flexibility index (Phi) is 6.08. The van der Waals surface area contributed by atoms with Gasteiger partial charge in [0.15, 0.2) is 5.58 Å². The first-order valence-electron chi connectivity index (χ1n) is 11.5. The topological polar surface area (TPSA) is 76.8 Å². The number of carbonyl (C=O) groups is 1. The van der Waals surface area contributed by atoms with E-state index in [1.807, 2.05) is 73.7 Å². The van der Waals surface area contributed by atoms with Crippen molar-refractivity contribution >= 4 is 22.8 Å². The Bertz CT molecular complexity index is 1300. The Hall–Kier alpha value is -4.00. The number of nitrogens with one attached hydrogen (secondary N) is 1. The molecule has 1 aromatic heterocycles. The normalized spacial score (nSPS) is 15.5. The first-order chi connectivity index (χ1) is 16.7. The Labute approximate surface area is 198 Å². The molecule has 1 aliphatic rings. The number of urea groups is 1. The van der Waals surface area contributed by atoms with E-state index in [-0.39, 0.29) is 12.1 Å². The lowest BCUT2D eigenvalue weighted by Gasteiger charge is -2.22. The van der Waals surface area contributed by atoms with Crippen LogP contribution in [0.2, 0.25) is 0 Å². The summed E-state index contributed by atoms with van der Waals surface area (Å²) in [7, 11) is 1.67. The van der Waals surface area contributed by atoms with Crippen LogP contribution >= 0.6 is 0 Å². The van der Waals surface area contributed by atoms with Gasteiger partial charge in [-0.1, -0.05) is 24.3 Å². The van der Waals surface area contributed by atoms with Gasteiger partial charge >= 0.3 is 6.03 Å². The van der Waals surface area contributed by atoms with Gasteiger partial charge in [0.1, 0.15) is 23.1 Å². The van der Waals surface area contributed by atoms with Crippen LogP contribution in [0.3, 0.4) is 0 Å². The molecule has 174 valence electrons. The minimum Gasteiger partial charge on any atom is -0.496 e. The van der Waals surface area contributed by atoms with Gasteiger partial charge in [-0.3, -0.25) is 0 Å². The second-order valence-corrected chi connectivity index (χ2v) is 8.17. The highest BCUT2D eigenvalue weighted by molar-refractivity contribution is 5.90. The van der Waals surface area contributed by atoms with Gasteiger partial charge in [0, 0.05) is 17.8 Å². The van der Waals surface area contributed by atoms with Gasteiger partial charge in [-0.05, 0) is 67.8 Å². The molecule has 7 nitrogen and oxygen atoms in total. The van der Waals surface area contributed by atoms with E-state index in [2.05, 4.69) is 5.32 Å². The lowest BCUT2D eigenvalue weighted by atomic mass is 10.0. The van der Waals surface area contributed by atoms with Gasteiger partial charge in [-0.15, -0.1) is 0 Å². The second kappa shape index (κ2) is 9.47. The van der Waals surface area contributed by atoms with Crippen LogP contribution in [0.1, 0.15) is 31.7 Å². The molecule has 1 N–H and O–H groups in total. The van der Waals surface area contributed by atoms with Gasteiger partial charge < -0.3 is 24.1 Å². The Morgan fingerprint density at radius 2 is 1.97 bits per heavy atom. The molecule has 1 fully saturated rings. The van der Waals surface area contributed by atoms with E-state index in [4.69, 9.17) is 18.9 Å². The summed E-state index contributed by atoms with van der Waals surface area (Å²) in [6, 6.07) is 20.8. The molecule has 0 saturated carbocycles. The molecule has 2 amide bonds. The number of benzene rings is 3. The lowest BCUT2D eigenvalue weighted by Crippen LogP contribution is -2.34. The summed E-state index contributed by atoms with van der Waals surface area (Å²) in [6.07, 6.45) is 1.70. The molecule has 2 heterocycles. The van der Waals surface area contributed by atoms with E-state index < -0.39 is 0 Å². The van der Waals surface area contributed by atoms with Crippen LogP contribution in [0.5, 0.6) is 11.5 Å². The first kappa shape index (κ1) is 21.8. The largest absolute Gasteiger partial charge is 0.496 e. The molecule has 1 unspecified atom stereocenters. The number of rotatable bonds is 6. The van der Waals surface area contributed by atoms with Crippen molar-refractivity contribution in [2.75, 3.05) is 25.6 Å². The number of oxazole rings is 1. The van der Waals surface area contributed by atoms with Gasteiger partial charge in [0.25, 0.3) is 0 Å². The van der Waals surface area contributed by atoms with Gasteiger partial charge in [0.2, 0.25) is 5.89 Å². The summed E-state index contributed by atoms with van der Waals surface area (Å²) >= 11 is 0. The SMILES string of the molecule is CCOc1ccc(NC(=O)N2CCCC2c2nc3cc(-c4ccccc4OC)ccc3o2)cc1. The average molecular weight is 458 g/mol. The van der Waals surface area contributed by atoms with Crippen molar-refractivity contribution in [3.8, 4) is 22.6 Å². The number of nitrogens with zero attached hydrogens (tertiary/aromatic N) is 2. The lowest BCUT2D eigenvalue weighted by molar-refractivity contribution is 0.199. The zero-order valence-electron chi connectivity index (χ0n) is 19.3. The van der Waals surface area contributed by atoms with E-state index in [1.165, 1.54) is 0 Å². The number of methoxy groups -OCH3 is 1. The number of carbonyl (C=O) groups excluding carboxylic acids is 1. The molecular weight excluding hydrogens is 430 g/mol. The second-order valence-electron chi connectivity index (χ2n) is 8.17. The van der Waals surface area contributed by atoms with E-state index in [9.17, 15) is 4.79 Å². The summed E-state index contributed by atoms with van der Waals surface area (Å²) in [4.78, 5) is 19.6. The first-order valence-corrected chi connectivity index (χ1v) is 11.5. The maximum atomic E-state index is 13.0. The highest BCUT2D eigenvalue weighted by Crippen LogP contribution is 2.36. The summed E-state index contributed by atoms with van der Waals surface area (Å²) in [5.41, 5.74) is 4.18. The summed E-state index contributed by atoms with van der Waals surface area (Å²) in [6.45, 7) is 3.19. The Morgan fingerprint density at radius 1 is 1.15 bits per heavy atom. The van der Waals surface area contributed by atoms with Gasteiger partial charge in [0.05, 0.1) is 13.7 Å². The monoisotopic (exact) mass is 457 g/mol. The minimum absolute atomic E-state index is 0.163. The van der Waals surface area contributed by atoms with Crippen LogP contribution in [-0.2, 0) is 0 Å². The number of anilines is 1. The number of ether oxygens (including phenoxy) is 2. The molecule has 0 bridgehead atoms. The predicted molar refractivity (Wildman–Crippen MR) is 131 cm³/mol. The summed E-state index contributed by atoms with van der Waals surface area (Å²) < 4.78 is 17.1. The van der Waals surface area contributed by atoms with E-state index >= 15 is 0 Å². The molecule has 4 aromatic rings. The van der Waals surface area contributed by atoms with Gasteiger partial charge in [-0.2, -0.15) is 0 Å². The Balaban J connectivity index is 1.36. The molecule has 1 saturated heterocycles. The number of fused-ring (bicyclic) bond motifs is 1. The number of amides is 2. The van der Waals surface area contributed by atoms with E-state index in [1.54, 1.807) is 12.0 Å². The smallest absolute Gasteiger partial charge is 0.322 e. The van der Waals surface area contributed by atoms with Crippen LogP contribution in [0.4, 0.5) is 10.5 Å². The van der Waals surface area contributed by atoms with E-state index in [0.717, 1.165) is 46.7 Å². The number of aromatic nitrogens is 1. The average Bonchev–Trinajstić information content (AvgIpc) is 3.52.